The second-order valence-electron chi connectivity index (χ2n) is 8.49. The van der Waals surface area contributed by atoms with Crippen molar-refractivity contribution >= 4 is 28.8 Å². The van der Waals surface area contributed by atoms with E-state index in [9.17, 15) is 4.79 Å². The van der Waals surface area contributed by atoms with E-state index < -0.39 is 0 Å². The summed E-state index contributed by atoms with van der Waals surface area (Å²) >= 11 is 8.11. The number of rotatable bonds is 2. The van der Waals surface area contributed by atoms with Crippen molar-refractivity contribution < 1.29 is 4.79 Å². The maximum absolute atomic E-state index is 13.5. The average Bonchev–Trinajstić information content (AvgIpc) is 3.41. The number of aromatic nitrogens is 1. The van der Waals surface area contributed by atoms with Gasteiger partial charge in [0.1, 0.15) is 5.00 Å². The highest BCUT2D eigenvalue weighted by molar-refractivity contribution is 7.15. The van der Waals surface area contributed by atoms with Gasteiger partial charge < -0.3 is 9.47 Å². The SMILES string of the molecule is O=C(C1CC1)N1Cc2c(sc3c2CCCC3)-n2cccc2C1c1ccc(Cl)cc1. The van der Waals surface area contributed by atoms with E-state index in [-0.39, 0.29) is 12.0 Å². The van der Waals surface area contributed by atoms with Crippen molar-refractivity contribution in [3.8, 4) is 5.00 Å². The number of fused-ring (bicyclic) bond motifs is 5. The Hall–Kier alpha value is -2.04. The minimum Gasteiger partial charge on any atom is -0.325 e. The summed E-state index contributed by atoms with van der Waals surface area (Å²) in [4.78, 5) is 17.2. The summed E-state index contributed by atoms with van der Waals surface area (Å²) < 4.78 is 2.35. The van der Waals surface area contributed by atoms with E-state index in [4.69, 9.17) is 11.6 Å². The lowest BCUT2D eigenvalue weighted by molar-refractivity contribution is -0.135. The molecular weight excluding hydrogens is 400 g/mol. The molecule has 3 heterocycles. The number of benzene rings is 1. The Morgan fingerprint density at radius 1 is 1.03 bits per heavy atom. The van der Waals surface area contributed by atoms with Gasteiger partial charge in [0.2, 0.25) is 5.91 Å². The predicted molar refractivity (Wildman–Crippen MR) is 117 cm³/mol. The maximum Gasteiger partial charge on any atom is 0.226 e. The first kappa shape index (κ1) is 17.8. The lowest BCUT2D eigenvalue weighted by Crippen LogP contribution is -2.36. The van der Waals surface area contributed by atoms with E-state index in [0.717, 1.165) is 29.8 Å². The molecule has 3 nitrogen and oxygen atoms in total. The van der Waals surface area contributed by atoms with Gasteiger partial charge in [-0.15, -0.1) is 11.3 Å². The van der Waals surface area contributed by atoms with Crippen molar-refractivity contribution in [3.05, 3.63) is 74.9 Å². The standard InChI is InChI=1S/C24H23ClN2OS/c25-17-11-9-15(10-12-17)22-20-5-3-13-26(20)24-19(14-27(22)23(28)16-7-8-16)18-4-1-2-6-21(18)29-24/h3,5,9-13,16,22H,1-2,4,6-8,14H2. The molecule has 2 aromatic heterocycles. The molecule has 1 fully saturated rings. The highest BCUT2D eigenvalue weighted by atomic mass is 35.5. The topological polar surface area (TPSA) is 25.2 Å². The summed E-state index contributed by atoms with van der Waals surface area (Å²) in [6.45, 7) is 0.714. The quantitative estimate of drug-likeness (QED) is 0.503. The van der Waals surface area contributed by atoms with Crippen molar-refractivity contribution in [2.75, 3.05) is 0 Å². The van der Waals surface area contributed by atoms with Crippen LogP contribution in [0.25, 0.3) is 5.00 Å². The zero-order valence-corrected chi connectivity index (χ0v) is 17.8. The molecule has 1 amide bonds. The fourth-order valence-corrected chi connectivity index (χ4v) is 6.49. The zero-order chi connectivity index (χ0) is 19.5. The largest absolute Gasteiger partial charge is 0.325 e. The number of thiophene rings is 1. The third kappa shape index (κ3) is 2.88. The monoisotopic (exact) mass is 422 g/mol. The van der Waals surface area contributed by atoms with Gasteiger partial charge in [0.05, 0.1) is 11.7 Å². The van der Waals surface area contributed by atoms with E-state index >= 15 is 0 Å². The zero-order valence-electron chi connectivity index (χ0n) is 16.2. The van der Waals surface area contributed by atoms with Crippen LogP contribution >= 0.6 is 22.9 Å². The summed E-state index contributed by atoms with van der Waals surface area (Å²) in [5.74, 6) is 0.505. The average molecular weight is 423 g/mol. The molecule has 1 saturated carbocycles. The molecule has 1 aliphatic heterocycles. The van der Waals surface area contributed by atoms with Crippen LogP contribution in [-0.4, -0.2) is 15.4 Å². The maximum atomic E-state index is 13.5. The Labute approximate surface area is 179 Å². The van der Waals surface area contributed by atoms with Crippen LogP contribution in [0, 0.1) is 5.92 Å². The number of hydrogen-bond acceptors (Lipinski definition) is 2. The molecule has 1 unspecified atom stereocenters. The van der Waals surface area contributed by atoms with Crippen molar-refractivity contribution in [1.82, 2.24) is 9.47 Å². The van der Waals surface area contributed by atoms with Gasteiger partial charge in [-0.25, -0.2) is 0 Å². The van der Waals surface area contributed by atoms with Crippen LogP contribution in [0.5, 0.6) is 0 Å². The fourth-order valence-electron chi connectivity index (χ4n) is 4.96. The first-order chi connectivity index (χ1) is 14.2. The first-order valence-corrected chi connectivity index (χ1v) is 11.8. The molecule has 3 aliphatic rings. The highest BCUT2D eigenvalue weighted by Crippen LogP contribution is 2.45. The van der Waals surface area contributed by atoms with Gasteiger partial charge in [-0.3, -0.25) is 4.79 Å². The molecule has 0 saturated heterocycles. The smallest absolute Gasteiger partial charge is 0.226 e. The lowest BCUT2D eigenvalue weighted by Gasteiger charge is -2.31. The van der Waals surface area contributed by atoms with Gasteiger partial charge in [0.15, 0.2) is 0 Å². The van der Waals surface area contributed by atoms with Crippen molar-refractivity contribution in [1.29, 1.82) is 0 Å². The van der Waals surface area contributed by atoms with Crippen LogP contribution in [0.15, 0.2) is 42.6 Å². The predicted octanol–water partition coefficient (Wildman–Crippen LogP) is 5.91. The minimum atomic E-state index is -0.0748. The molecule has 0 spiro atoms. The van der Waals surface area contributed by atoms with Crippen LogP contribution in [0.2, 0.25) is 5.02 Å². The van der Waals surface area contributed by atoms with Gasteiger partial charge in [-0.1, -0.05) is 23.7 Å². The van der Waals surface area contributed by atoms with Crippen LogP contribution in [0.3, 0.4) is 0 Å². The first-order valence-electron chi connectivity index (χ1n) is 10.6. The number of carbonyl (C=O) groups is 1. The Bertz CT molecular complexity index is 1090. The number of aryl methyl sites for hydroxylation is 1. The molecular formula is C24H23ClN2OS. The van der Waals surface area contributed by atoms with E-state index in [1.807, 2.05) is 23.5 Å². The van der Waals surface area contributed by atoms with E-state index in [0.29, 0.717) is 12.5 Å². The fraction of sp³-hybridized carbons (Fsp3) is 0.375. The minimum absolute atomic E-state index is 0.0748. The molecule has 0 N–H and O–H groups in total. The summed E-state index contributed by atoms with van der Waals surface area (Å²) in [7, 11) is 0. The summed E-state index contributed by atoms with van der Waals surface area (Å²) in [5.41, 5.74) is 5.21. The highest BCUT2D eigenvalue weighted by Gasteiger charge is 2.41. The van der Waals surface area contributed by atoms with Gasteiger partial charge >= 0.3 is 0 Å². The summed E-state index contributed by atoms with van der Waals surface area (Å²) in [6, 6.07) is 12.2. The van der Waals surface area contributed by atoms with Gasteiger partial charge in [0.25, 0.3) is 0 Å². The number of hydrogen-bond donors (Lipinski definition) is 0. The molecule has 3 aromatic rings. The van der Waals surface area contributed by atoms with Crippen molar-refractivity contribution in [2.24, 2.45) is 5.92 Å². The number of halogens is 1. The van der Waals surface area contributed by atoms with Gasteiger partial charge in [-0.2, -0.15) is 0 Å². The molecule has 29 heavy (non-hydrogen) atoms. The Balaban J connectivity index is 1.56. The van der Waals surface area contributed by atoms with Crippen molar-refractivity contribution in [2.45, 2.75) is 51.1 Å². The Kier molecular flexibility index (Phi) is 4.14. The summed E-state index contributed by atoms with van der Waals surface area (Å²) in [6.07, 6.45) is 9.09. The van der Waals surface area contributed by atoms with Crippen molar-refractivity contribution in [3.63, 3.8) is 0 Å². The number of carbonyl (C=O) groups excluding carboxylic acids is 1. The molecule has 6 rings (SSSR count). The molecule has 0 bridgehead atoms. The Morgan fingerprint density at radius 3 is 2.62 bits per heavy atom. The van der Waals surface area contributed by atoms with E-state index in [2.05, 4.69) is 39.9 Å². The Morgan fingerprint density at radius 2 is 1.83 bits per heavy atom. The second-order valence-corrected chi connectivity index (χ2v) is 10.0. The molecule has 1 atom stereocenters. The molecule has 0 radical (unpaired) electrons. The lowest BCUT2D eigenvalue weighted by atomic mass is 9.95. The third-order valence-corrected chi connectivity index (χ3v) is 8.16. The second kappa shape index (κ2) is 6.75. The number of nitrogens with zero attached hydrogens (tertiary/aromatic N) is 2. The molecule has 5 heteroatoms. The molecule has 2 aliphatic carbocycles. The molecule has 148 valence electrons. The van der Waals surface area contributed by atoms with Crippen LogP contribution < -0.4 is 0 Å². The van der Waals surface area contributed by atoms with Crippen LogP contribution in [0.1, 0.15) is 59.0 Å². The van der Waals surface area contributed by atoms with Crippen LogP contribution in [-0.2, 0) is 24.2 Å². The van der Waals surface area contributed by atoms with E-state index in [1.54, 1.807) is 0 Å². The normalized spacial score (nSPS) is 20.6. The van der Waals surface area contributed by atoms with E-state index in [1.165, 1.54) is 46.0 Å². The van der Waals surface area contributed by atoms with Gasteiger partial charge in [0, 0.05) is 34.1 Å². The molecule has 1 aromatic carbocycles. The van der Waals surface area contributed by atoms with Gasteiger partial charge in [-0.05, 0) is 73.9 Å². The third-order valence-electron chi connectivity index (χ3n) is 6.57. The summed E-state index contributed by atoms with van der Waals surface area (Å²) in [5, 5.41) is 2.05. The van der Waals surface area contributed by atoms with Crippen LogP contribution in [0.4, 0.5) is 0 Å². The number of amides is 1.